The minimum absolute atomic E-state index is 0.728. The van der Waals surface area contributed by atoms with E-state index < -0.39 is 0 Å². The Balaban J connectivity index is 1.90. The molecule has 1 heterocycles. The second kappa shape index (κ2) is 7.38. The molecule has 0 saturated heterocycles. The van der Waals surface area contributed by atoms with Crippen LogP contribution >= 0.6 is 0 Å². The van der Waals surface area contributed by atoms with E-state index in [4.69, 9.17) is 14.5 Å². The number of ether oxygens (including phenoxy) is 2. The van der Waals surface area contributed by atoms with Crippen LogP contribution in [0.5, 0.6) is 11.5 Å². The molecule has 4 rings (SSSR count). The largest absolute Gasteiger partial charge is 0.497 e. The Morgan fingerprint density at radius 2 is 1.48 bits per heavy atom. The molecule has 27 heavy (non-hydrogen) atoms. The summed E-state index contributed by atoms with van der Waals surface area (Å²) in [6, 6.07) is 26.2. The van der Waals surface area contributed by atoms with Crippen molar-refractivity contribution < 1.29 is 9.47 Å². The van der Waals surface area contributed by atoms with E-state index in [1.165, 1.54) is 0 Å². The van der Waals surface area contributed by atoms with Crippen LogP contribution in [0, 0.1) is 0 Å². The summed E-state index contributed by atoms with van der Waals surface area (Å²) in [7, 11) is 3.30. The first-order valence-electron chi connectivity index (χ1n) is 8.73. The molecule has 3 aromatic carbocycles. The fourth-order valence-electron chi connectivity index (χ4n) is 3.10. The van der Waals surface area contributed by atoms with E-state index in [1.807, 2.05) is 60.8 Å². The molecule has 0 atom stereocenters. The Kier molecular flexibility index (Phi) is 4.62. The van der Waals surface area contributed by atoms with Crippen LogP contribution in [0.15, 0.2) is 85.1 Å². The molecule has 0 saturated carbocycles. The predicted molar refractivity (Wildman–Crippen MR) is 108 cm³/mol. The van der Waals surface area contributed by atoms with Crippen molar-refractivity contribution >= 4 is 0 Å². The molecular weight excluding hydrogens is 336 g/mol. The summed E-state index contributed by atoms with van der Waals surface area (Å²) in [6.07, 6.45) is 2.04. The minimum Gasteiger partial charge on any atom is -0.497 e. The molecule has 0 N–H and O–H groups in total. The van der Waals surface area contributed by atoms with Crippen LogP contribution in [0.4, 0.5) is 0 Å². The van der Waals surface area contributed by atoms with E-state index in [1.54, 1.807) is 14.2 Å². The fraction of sp³-hybridized carbons (Fsp3) is 0.0870. The summed E-state index contributed by atoms with van der Waals surface area (Å²) < 4.78 is 13.0. The molecule has 1 aromatic heterocycles. The SMILES string of the molecule is COc1ccc(-c2cn(-c3ccccc3)c(-c3ccccc3)n2)c(OC)c1. The molecule has 0 aliphatic rings. The quantitative estimate of drug-likeness (QED) is 0.492. The average molecular weight is 356 g/mol. The highest BCUT2D eigenvalue weighted by molar-refractivity contribution is 5.72. The fourth-order valence-corrected chi connectivity index (χ4v) is 3.10. The highest BCUT2D eigenvalue weighted by Gasteiger charge is 2.16. The highest BCUT2D eigenvalue weighted by atomic mass is 16.5. The van der Waals surface area contributed by atoms with Crippen molar-refractivity contribution in [3.63, 3.8) is 0 Å². The van der Waals surface area contributed by atoms with Crippen molar-refractivity contribution in [2.24, 2.45) is 0 Å². The molecule has 0 radical (unpaired) electrons. The lowest BCUT2D eigenvalue weighted by Gasteiger charge is -2.08. The Morgan fingerprint density at radius 3 is 2.15 bits per heavy atom. The Bertz CT molecular complexity index is 984. The third-order valence-electron chi connectivity index (χ3n) is 4.46. The summed E-state index contributed by atoms with van der Waals surface area (Å²) >= 11 is 0. The second-order valence-electron chi connectivity index (χ2n) is 6.09. The Labute approximate surface area is 158 Å². The summed E-state index contributed by atoms with van der Waals surface area (Å²) in [5, 5.41) is 0. The van der Waals surface area contributed by atoms with Crippen LogP contribution in [0.3, 0.4) is 0 Å². The number of benzene rings is 3. The van der Waals surface area contributed by atoms with Gasteiger partial charge in [0.05, 0.1) is 19.9 Å². The van der Waals surface area contributed by atoms with Crippen molar-refractivity contribution in [1.29, 1.82) is 0 Å². The van der Waals surface area contributed by atoms with Crippen molar-refractivity contribution in [3.05, 3.63) is 85.1 Å². The number of methoxy groups -OCH3 is 2. The highest BCUT2D eigenvalue weighted by Crippen LogP contribution is 2.35. The van der Waals surface area contributed by atoms with E-state index in [9.17, 15) is 0 Å². The van der Waals surface area contributed by atoms with E-state index in [0.717, 1.165) is 39.8 Å². The predicted octanol–water partition coefficient (Wildman–Crippen LogP) is 5.22. The maximum absolute atomic E-state index is 5.57. The third-order valence-corrected chi connectivity index (χ3v) is 4.46. The van der Waals surface area contributed by atoms with E-state index >= 15 is 0 Å². The summed E-state index contributed by atoms with van der Waals surface area (Å²) in [6.45, 7) is 0. The lowest BCUT2D eigenvalue weighted by atomic mass is 10.1. The van der Waals surface area contributed by atoms with E-state index in [0.29, 0.717) is 0 Å². The Hall–Kier alpha value is -3.53. The monoisotopic (exact) mass is 356 g/mol. The number of aromatic nitrogens is 2. The van der Waals surface area contributed by atoms with E-state index in [2.05, 4.69) is 28.8 Å². The van der Waals surface area contributed by atoms with Crippen LogP contribution in [0.1, 0.15) is 0 Å². The van der Waals surface area contributed by atoms with Gasteiger partial charge >= 0.3 is 0 Å². The summed E-state index contributed by atoms with van der Waals surface area (Å²) in [5.74, 6) is 2.36. The van der Waals surface area contributed by atoms with Crippen LogP contribution < -0.4 is 9.47 Å². The zero-order chi connectivity index (χ0) is 18.6. The number of hydrogen-bond acceptors (Lipinski definition) is 3. The van der Waals surface area contributed by atoms with Crippen molar-refractivity contribution in [3.8, 4) is 39.8 Å². The van der Waals surface area contributed by atoms with Gasteiger partial charge < -0.3 is 9.47 Å². The molecule has 0 bridgehead atoms. The van der Waals surface area contributed by atoms with Crippen LogP contribution in [-0.2, 0) is 0 Å². The molecule has 0 aliphatic carbocycles. The minimum atomic E-state index is 0.728. The second-order valence-corrected chi connectivity index (χ2v) is 6.09. The first-order valence-corrected chi connectivity index (χ1v) is 8.73. The molecule has 0 aliphatic heterocycles. The topological polar surface area (TPSA) is 36.3 Å². The van der Waals surface area contributed by atoms with Gasteiger partial charge in [0.25, 0.3) is 0 Å². The number of imidazole rings is 1. The van der Waals surface area contributed by atoms with Gasteiger partial charge in [-0.05, 0) is 24.3 Å². The van der Waals surface area contributed by atoms with E-state index in [-0.39, 0.29) is 0 Å². The van der Waals surface area contributed by atoms with Crippen LogP contribution in [0.2, 0.25) is 0 Å². The van der Waals surface area contributed by atoms with Gasteiger partial charge in [0.15, 0.2) is 0 Å². The molecular formula is C23H20N2O2. The first kappa shape index (κ1) is 16.9. The average Bonchev–Trinajstić information content (AvgIpc) is 3.19. The molecule has 4 nitrogen and oxygen atoms in total. The van der Waals surface area contributed by atoms with Gasteiger partial charge in [0, 0.05) is 29.1 Å². The maximum Gasteiger partial charge on any atom is 0.145 e. The zero-order valence-electron chi connectivity index (χ0n) is 15.3. The van der Waals surface area contributed by atoms with Gasteiger partial charge in [0.2, 0.25) is 0 Å². The molecule has 134 valence electrons. The van der Waals surface area contributed by atoms with Crippen molar-refractivity contribution in [1.82, 2.24) is 9.55 Å². The van der Waals surface area contributed by atoms with Gasteiger partial charge in [-0.3, -0.25) is 4.57 Å². The summed E-state index contributed by atoms with van der Waals surface area (Å²) in [5.41, 5.74) is 3.88. The van der Waals surface area contributed by atoms with Gasteiger partial charge in [-0.1, -0.05) is 48.5 Å². The van der Waals surface area contributed by atoms with Crippen molar-refractivity contribution in [2.45, 2.75) is 0 Å². The maximum atomic E-state index is 5.57. The van der Waals surface area contributed by atoms with Crippen LogP contribution in [0.25, 0.3) is 28.3 Å². The standard InChI is InChI=1S/C23H20N2O2/c1-26-19-13-14-20(22(15-19)27-2)21-16-25(18-11-7-4-8-12-18)23(24-21)17-9-5-3-6-10-17/h3-16H,1-2H3. The van der Waals surface area contributed by atoms with Gasteiger partial charge in [-0.2, -0.15) is 0 Å². The van der Waals surface area contributed by atoms with Gasteiger partial charge in [-0.15, -0.1) is 0 Å². The number of nitrogens with zero attached hydrogens (tertiary/aromatic N) is 2. The lowest BCUT2D eigenvalue weighted by molar-refractivity contribution is 0.395. The number of hydrogen-bond donors (Lipinski definition) is 0. The van der Waals surface area contributed by atoms with Crippen molar-refractivity contribution in [2.75, 3.05) is 14.2 Å². The normalized spacial score (nSPS) is 10.6. The van der Waals surface area contributed by atoms with Gasteiger partial charge in [0.1, 0.15) is 17.3 Å². The molecule has 0 amide bonds. The summed E-state index contributed by atoms with van der Waals surface area (Å²) in [4.78, 5) is 4.93. The van der Waals surface area contributed by atoms with Gasteiger partial charge in [-0.25, -0.2) is 4.98 Å². The molecule has 0 fully saturated rings. The lowest BCUT2D eigenvalue weighted by Crippen LogP contribution is -1.95. The molecule has 4 aromatic rings. The van der Waals surface area contributed by atoms with Crippen LogP contribution in [-0.4, -0.2) is 23.8 Å². The molecule has 4 heteroatoms. The number of rotatable bonds is 5. The zero-order valence-corrected chi connectivity index (χ0v) is 15.3. The Morgan fingerprint density at radius 1 is 0.778 bits per heavy atom. The third kappa shape index (κ3) is 3.29. The number of para-hydroxylation sites is 1. The smallest absolute Gasteiger partial charge is 0.145 e. The first-order chi connectivity index (χ1) is 13.3. The molecule has 0 spiro atoms. The molecule has 0 unspecified atom stereocenters.